The van der Waals surface area contributed by atoms with Crippen LogP contribution in [0.15, 0.2) is 53.1 Å². The van der Waals surface area contributed by atoms with E-state index in [-0.39, 0.29) is 5.91 Å². The van der Waals surface area contributed by atoms with Gasteiger partial charge in [0.15, 0.2) is 0 Å². The van der Waals surface area contributed by atoms with Crippen molar-refractivity contribution in [3.8, 4) is 11.4 Å². The van der Waals surface area contributed by atoms with Crippen molar-refractivity contribution in [3.05, 3.63) is 65.0 Å². The Balaban J connectivity index is 1.26. The Hall–Kier alpha value is -2.74. The zero-order valence-electron chi connectivity index (χ0n) is 16.8. The van der Waals surface area contributed by atoms with Crippen molar-refractivity contribution in [2.24, 2.45) is 0 Å². The standard InChI is InChI=1S/C22H24ClN5O2/c1-16-6-2-3-7-17(16)22-25-21(30-26-22)15-28-12-10-27(11-13-28)14-20(29)24-19-9-5-4-8-18(19)23/h2-9H,10-15H2,1H3,(H,24,29). The van der Waals surface area contributed by atoms with Gasteiger partial charge >= 0.3 is 0 Å². The Labute approximate surface area is 180 Å². The maximum atomic E-state index is 12.3. The van der Waals surface area contributed by atoms with E-state index in [1.165, 1.54) is 0 Å². The molecule has 30 heavy (non-hydrogen) atoms. The summed E-state index contributed by atoms with van der Waals surface area (Å²) in [6.07, 6.45) is 0. The van der Waals surface area contributed by atoms with E-state index in [0.717, 1.165) is 37.3 Å². The summed E-state index contributed by atoms with van der Waals surface area (Å²) in [5, 5.41) is 7.54. The summed E-state index contributed by atoms with van der Waals surface area (Å²) in [7, 11) is 0. The predicted molar refractivity (Wildman–Crippen MR) is 116 cm³/mol. The van der Waals surface area contributed by atoms with E-state index in [1.807, 2.05) is 43.3 Å². The van der Waals surface area contributed by atoms with E-state index >= 15 is 0 Å². The highest BCUT2D eigenvalue weighted by Gasteiger charge is 2.21. The van der Waals surface area contributed by atoms with Crippen LogP contribution < -0.4 is 5.32 Å². The van der Waals surface area contributed by atoms with E-state index in [1.54, 1.807) is 12.1 Å². The number of carbonyl (C=O) groups excluding carboxylic acids is 1. The fraction of sp³-hybridized carbons (Fsp3) is 0.318. The summed E-state index contributed by atoms with van der Waals surface area (Å²) >= 11 is 6.10. The van der Waals surface area contributed by atoms with Crippen LogP contribution in [-0.4, -0.2) is 58.6 Å². The fourth-order valence-electron chi connectivity index (χ4n) is 3.50. The van der Waals surface area contributed by atoms with Crippen molar-refractivity contribution in [2.75, 3.05) is 38.0 Å². The maximum absolute atomic E-state index is 12.3. The first-order valence-corrected chi connectivity index (χ1v) is 10.3. The van der Waals surface area contributed by atoms with Crippen LogP contribution in [0, 0.1) is 6.92 Å². The molecule has 0 spiro atoms. The maximum Gasteiger partial charge on any atom is 0.241 e. The lowest BCUT2D eigenvalue weighted by Crippen LogP contribution is -2.48. The van der Waals surface area contributed by atoms with Crippen LogP contribution in [-0.2, 0) is 11.3 Å². The quantitative estimate of drug-likeness (QED) is 0.652. The summed E-state index contributed by atoms with van der Waals surface area (Å²) in [6.45, 7) is 6.26. The van der Waals surface area contributed by atoms with Gasteiger partial charge in [-0.05, 0) is 24.6 Å². The number of aryl methyl sites for hydroxylation is 1. The average Bonchev–Trinajstić information content (AvgIpc) is 3.20. The van der Waals surface area contributed by atoms with Crippen LogP contribution in [0.4, 0.5) is 5.69 Å². The molecule has 1 aromatic heterocycles. The number of rotatable bonds is 6. The Morgan fingerprint density at radius 3 is 2.53 bits per heavy atom. The van der Waals surface area contributed by atoms with Gasteiger partial charge in [-0.1, -0.05) is 53.2 Å². The lowest BCUT2D eigenvalue weighted by molar-refractivity contribution is -0.117. The molecule has 1 aliphatic rings. The Bertz CT molecular complexity index is 1010. The molecule has 2 heterocycles. The Morgan fingerprint density at radius 1 is 1.07 bits per heavy atom. The zero-order chi connectivity index (χ0) is 20.9. The van der Waals surface area contributed by atoms with Gasteiger partial charge in [0.2, 0.25) is 17.6 Å². The number of halogens is 1. The van der Waals surface area contributed by atoms with Crippen molar-refractivity contribution in [3.63, 3.8) is 0 Å². The monoisotopic (exact) mass is 425 g/mol. The highest BCUT2D eigenvalue weighted by molar-refractivity contribution is 6.33. The third-order valence-corrected chi connectivity index (χ3v) is 5.52. The van der Waals surface area contributed by atoms with Crippen molar-refractivity contribution in [2.45, 2.75) is 13.5 Å². The summed E-state index contributed by atoms with van der Waals surface area (Å²) in [4.78, 5) is 21.3. The first-order valence-electron chi connectivity index (χ1n) is 9.96. The number of amides is 1. The molecule has 1 amide bonds. The highest BCUT2D eigenvalue weighted by atomic mass is 35.5. The molecule has 0 aliphatic carbocycles. The average molecular weight is 426 g/mol. The van der Waals surface area contributed by atoms with Crippen molar-refractivity contribution in [1.82, 2.24) is 19.9 Å². The fourth-order valence-corrected chi connectivity index (χ4v) is 3.69. The van der Waals surface area contributed by atoms with Crippen LogP contribution in [0.3, 0.4) is 0 Å². The van der Waals surface area contributed by atoms with E-state index in [0.29, 0.717) is 35.5 Å². The second-order valence-electron chi connectivity index (χ2n) is 7.41. The molecule has 1 saturated heterocycles. The summed E-state index contributed by atoms with van der Waals surface area (Å²) in [5.41, 5.74) is 2.75. The van der Waals surface area contributed by atoms with Gasteiger partial charge in [0.25, 0.3) is 0 Å². The third kappa shape index (κ3) is 5.05. The molecule has 0 bridgehead atoms. The van der Waals surface area contributed by atoms with Crippen LogP contribution >= 0.6 is 11.6 Å². The molecule has 4 rings (SSSR count). The lowest BCUT2D eigenvalue weighted by Gasteiger charge is -2.33. The van der Waals surface area contributed by atoms with Crippen LogP contribution in [0.25, 0.3) is 11.4 Å². The molecule has 0 saturated carbocycles. The first kappa shape index (κ1) is 20.5. The molecule has 0 radical (unpaired) electrons. The third-order valence-electron chi connectivity index (χ3n) is 5.19. The van der Waals surface area contributed by atoms with Gasteiger partial charge in [0.05, 0.1) is 23.8 Å². The van der Waals surface area contributed by atoms with Gasteiger partial charge in [0, 0.05) is 31.7 Å². The molecule has 1 aliphatic heterocycles. The normalized spacial score (nSPS) is 15.3. The SMILES string of the molecule is Cc1ccccc1-c1noc(CN2CCN(CC(=O)Nc3ccccc3Cl)CC2)n1. The van der Waals surface area contributed by atoms with Crippen LogP contribution in [0.1, 0.15) is 11.5 Å². The number of benzene rings is 2. The summed E-state index contributed by atoms with van der Waals surface area (Å²) < 4.78 is 5.45. The van der Waals surface area contributed by atoms with Crippen molar-refractivity contribution < 1.29 is 9.32 Å². The minimum Gasteiger partial charge on any atom is -0.338 e. The Kier molecular flexibility index (Phi) is 6.42. The lowest BCUT2D eigenvalue weighted by atomic mass is 10.1. The minimum atomic E-state index is -0.0590. The van der Waals surface area contributed by atoms with E-state index in [9.17, 15) is 4.79 Å². The van der Waals surface area contributed by atoms with Gasteiger partial charge in [-0.2, -0.15) is 4.98 Å². The molecule has 3 aromatic rings. The highest BCUT2D eigenvalue weighted by Crippen LogP contribution is 2.21. The number of hydrogen-bond acceptors (Lipinski definition) is 6. The van der Waals surface area contributed by atoms with Crippen molar-refractivity contribution >= 4 is 23.2 Å². The molecule has 2 aromatic carbocycles. The molecule has 0 atom stereocenters. The molecule has 1 fully saturated rings. The van der Waals surface area contributed by atoms with E-state index in [2.05, 4.69) is 25.3 Å². The number of nitrogens with zero attached hydrogens (tertiary/aromatic N) is 4. The minimum absolute atomic E-state index is 0.0590. The summed E-state index contributed by atoms with van der Waals surface area (Å²) in [6, 6.07) is 15.2. The van der Waals surface area contributed by atoms with Gasteiger partial charge in [0.1, 0.15) is 0 Å². The summed E-state index contributed by atoms with van der Waals surface area (Å²) in [5.74, 6) is 1.17. The number of carbonyl (C=O) groups is 1. The molecule has 156 valence electrons. The number of para-hydroxylation sites is 1. The number of piperazine rings is 1. The Morgan fingerprint density at radius 2 is 1.77 bits per heavy atom. The number of aromatic nitrogens is 2. The molecular weight excluding hydrogens is 402 g/mol. The second-order valence-corrected chi connectivity index (χ2v) is 7.81. The molecule has 8 heteroatoms. The van der Waals surface area contributed by atoms with Gasteiger partial charge < -0.3 is 9.84 Å². The smallest absolute Gasteiger partial charge is 0.241 e. The number of nitrogens with one attached hydrogen (secondary N) is 1. The number of anilines is 1. The first-order chi connectivity index (χ1) is 14.6. The molecule has 0 unspecified atom stereocenters. The second kappa shape index (κ2) is 9.38. The van der Waals surface area contributed by atoms with E-state index in [4.69, 9.17) is 16.1 Å². The number of hydrogen-bond donors (Lipinski definition) is 1. The van der Waals surface area contributed by atoms with Crippen LogP contribution in [0.5, 0.6) is 0 Å². The topological polar surface area (TPSA) is 74.5 Å². The van der Waals surface area contributed by atoms with Crippen molar-refractivity contribution in [1.29, 1.82) is 0 Å². The van der Waals surface area contributed by atoms with E-state index < -0.39 is 0 Å². The zero-order valence-corrected chi connectivity index (χ0v) is 17.6. The molecule has 1 N–H and O–H groups in total. The van der Waals surface area contributed by atoms with Gasteiger partial charge in [-0.15, -0.1) is 0 Å². The van der Waals surface area contributed by atoms with Gasteiger partial charge in [-0.3, -0.25) is 14.6 Å². The predicted octanol–water partition coefficient (Wildman–Crippen LogP) is 3.45. The molecule has 7 nitrogen and oxygen atoms in total. The molecular formula is C22H24ClN5O2. The largest absolute Gasteiger partial charge is 0.338 e. The van der Waals surface area contributed by atoms with Crippen LogP contribution in [0.2, 0.25) is 5.02 Å². The van der Waals surface area contributed by atoms with Gasteiger partial charge in [-0.25, -0.2) is 0 Å².